The number of thiophene rings is 1. The summed E-state index contributed by atoms with van der Waals surface area (Å²) in [6.45, 7) is 5.04. The number of aryl methyl sites for hydroxylation is 1. The number of hydrogen-bond donors (Lipinski definition) is 2. The predicted molar refractivity (Wildman–Crippen MR) is 83.6 cm³/mol. The van der Waals surface area contributed by atoms with Crippen LogP contribution < -0.4 is 10.1 Å². The molecule has 0 saturated heterocycles. The fraction of sp³-hybridized carbons (Fsp3) is 0.375. The van der Waals surface area contributed by atoms with Crippen molar-refractivity contribution < 1.29 is 9.84 Å². The van der Waals surface area contributed by atoms with Crippen LogP contribution in [0.2, 0.25) is 0 Å². The number of aromatic hydroxyl groups is 1. The average Bonchev–Trinajstić information content (AvgIpc) is 2.92. The van der Waals surface area contributed by atoms with Gasteiger partial charge in [0.15, 0.2) is 0 Å². The first kappa shape index (κ1) is 14.9. The van der Waals surface area contributed by atoms with Crippen molar-refractivity contribution in [2.45, 2.75) is 32.9 Å². The molecule has 4 heteroatoms. The van der Waals surface area contributed by atoms with Crippen molar-refractivity contribution in [1.29, 1.82) is 0 Å². The molecule has 2 N–H and O–H groups in total. The molecule has 0 bridgehead atoms. The van der Waals surface area contributed by atoms with Gasteiger partial charge in [0.25, 0.3) is 0 Å². The van der Waals surface area contributed by atoms with Gasteiger partial charge >= 0.3 is 0 Å². The van der Waals surface area contributed by atoms with E-state index in [0.29, 0.717) is 5.75 Å². The quantitative estimate of drug-likeness (QED) is 0.848. The summed E-state index contributed by atoms with van der Waals surface area (Å²) in [5, 5.41) is 13.5. The van der Waals surface area contributed by atoms with Crippen LogP contribution in [0.4, 0.5) is 0 Å². The van der Waals surface area contributed by atoms with E-state index in [1.807, 2.05) is 23.5 Å². The molecular weight excluding hydrogens is 270 g/mol. The lowest BCUT2D eigenvalue weighted by Crippen LogP contribution is -2.17. The van der Waals surface area contributed by atoms with Gasteiger partial charge in [-0.2, -0.15) is 0 Å². The summed E-state index contributed by atoms with van der Waals surface area (Å²) in [5.41, 5.74) is 0.887. The van der Waals surface area contributed by atoms with E-state index in [0.717, 1.165) is 18.5 Å². The van der Waals surface area contributed by atoms with Crippen molar-refractivity contribution in [1.82, 2.24) is 5.32 Å². The molecule has 0 amide bonds. The van der Waals surface area contributed by atoms with E-state index in [1.54, 1.807) is 13.2 Å². The molecule has 108 valence electrons. The van der Waals surface area contributed by atoms with Gasteiger partial charge in [-0.15, -0.1) is 11.3 Å². The van der Waals surface area contributed by atoms with Crippen LogP contribution in [0.3, 0.4) is 0 Å². The zero-order chi connectivity index (χ0) is 14.5. The Morgan fingerprint density at radius 2 is 2.00 bits per heavy atom. The summed E-state index contributed by atoms with van der Waals surface area (Å²) in [4.78, 5) is 2.73. The standard InChI is InChI=1S/C16H21NO2S/c1-4-13-6-7-14(20-13)10-17-11(2)15-8-5-12(19-3)9-16(15)18/h5-9,11,17-18H,4,10H2,1-3H3. The first-order chi connectivity index (χ1) is 9.63. The van der Waals surface area contributed by atoms with Gasteiger partial charge < -0.3 is 15.2 Å². The van der Waals surface area contributed by atoms with Crippen LogP contribution in [0.25, 0.3) is 0 Å². The molecule has 0 aliphatic carbocycles. The first-order valence-corrected chi connectivity index (χ1v) is 7.63. The van der Waals surface area contributed by atoms with Crippen LogP contribution in [-0.4, -0.2) is 12.2 Å². The van der Waals surface area contributed by atoms with Crippen LogP contribution in [-0.2, 0) is 13.0 Å². The predicted octanol–water partition coefficient (Wildman–Crippen LogP) is 3.88. The third-order valence-electron chi connectivity index (χ3n) is 3.35. The number of hydrogen-bond acceptors (Lipinski definition) is 4. The number of methoxy groups -OCH3 is 1. The lowest BCUT2D eigenvalue weighted by Gasteiger charge is -2.15. The van der Waals surface area contributed by atoms with E-state index in [1.165, 1.54) is 9.75 Å². The second-order valence-electron chi connectivity index (χ2n) is 4.75. The van der Waals surface area contributed by atoms with E-state index >= 15 is 0 Å². The molecule has 0 aliphatic rings. The second kappa shape index (κ2) is 6.77. The number of phenolic OH excluding ortho intramolecular Hbond substituents is 1. The van der Waals surface area contributed by atoms with E-state index in [4.69, 9.17) is 4.74 Å². The minimum atomic E-state index is 0.0908. The minimum Gasteiger partial charge on any atom is -0.507 e. The fourth-order valence-electron chi connectivity index (χ4n) is 2.09. The summed E-state index contributed by atoms with van der Waals surface area (Å²) < 4.78 is 5.10. The molecule has 0 fully saturated rings. The monoisotopic (exact) mass is 291 g/mol. The van der Waals surface area contributed by atoms with Gasteiger partial charge in [-0.25, -0.2) is 0 Å². The largest absolute Gasteiger partial charge is 0.507 e. The smallest absolute Gasteiger partial charge is 0.124 e. The number of ether oxygens (including phenoxy) is 1. The third-order valence-corrected chi connectivity index (χ3v) is 4.58. The molecule has 2 aromatic rings. The lowest BCUT2D eigenvalue weighted by atomic mass is 10.1. The van der Waals surface area contributed by atoms with Crippen molar-refractivity contribution in [2.75, 3.05) is 7.11 Å². The van der Waals surface area contributed by atoms with E-state index in [2.05, 4.69) is 31.3 Å². The fourth-order valence-corrected chi connectivity index (χ4v) is 3.00. The molecule has 1 aromatic heterocycles. The normalized spacial score (nSPS) is 12.3. The molecule has 0 radical (unpaired) electrons. The van der Waals surface area contributed by atoms with E-state index < -0.39 is 0 Å². The molecule has 2 rings (SSSR count). The highest BCUT2D eigenvalue weighted by molar-refractivity contribution is 7.11. The number of benzene rings is 1. The van der Waals surface area contributed by atoms with Crippen molar-refractivity contribution in [3.8, 4) is 11.5 Å². The van der Waals surface area contributed by atoms with Gasteiger partial charge in [-0.1, -0.05) is 13.0 Å². The van der Waals surface area contributed by atoms with Gasteiger partial charge in [0, 0.05) is 34.0 Å². The Morgan fingerprint density at radius 3 is 2.60 bits per heavy atom. The molecule has 0 saturated carbocycles. The summed E-state index contributed by atoms with van der Waals surface area (Å²) in [7, 11) is 1.60. The Labute approximate surface area is 124 Å². The maximum absolute atomic E-state index is 10.0. The van der Waals surface area contributed by atoms with Crippen molar-refractivity contribution in [3.63, 3.8) is 0 Å². The zero-order valence-corrected chi connectivity index (χ0v) is 13.0. The summed E-state index contributed by atoms with van der Waals surface area (Å²) >= 11 is 1.84. The molecule has 20 heavy (non-hydrogen) atoms. The highest BCUT2D eigenvalue weighted by Gasteiger charge is 2.11. The van der Waals surface area contributed by atoms with Crippen LogP contribution in [0.1, 0.15) is 35.2 Å². The second-order valence-corrected chi connectivity index (χ2v) is 6.00. The Kier molecular flexibility index (Phi) is 5.04. The molecule has 1 unspecified atom stereocenters. The van der Waals surface area contributed by atoms with Crippen LogP contribution in [0.15, 0.2) is 30.3 Å². The highest BCUT2D eigenvalue weighted by atomic mass is 32.1. The molecule has 0 aliphatic heterocycles. The Morgan fingerprint density at radius 1 is 1.25 bits per heavy atom. The van der Waals surface area contributed by atoms with Gasteiger partial charge in [0.2, 0.25) is 0 Å². The summed E-state index contributed by atoms with van der Waals surface area (Å²) in [6, 6.07) is 9.85. The Hall–Kier alpha value is -1.52. The molecule has 1 heterocycles. The average molecular weight is 291 g/mol. The number of phenols is 1. The molecule has 1 aromatic carbocycles. The lowest BCUT2D eigenvalue weighted by molar-refractivity contribution is 0.404. The third kappa shape index (κ3) is 3.52. The van der Waals surface area contributed by atoms with Crippen molar-refractivity contribution >= 4 is 11.3 Å². The van der Waals surface area contributed by atoms with E-state index in [9.17, 15) is 5.11 Å². The zero-order valence-electron chi connectivity index (χ0n) is 12.1. The van der Waals surface area contributed by atoms with Crippen molar-refractivity contribution in [3.05, 3.63) is 45.6 Å². The van der Waals surface area contributed by atoms with Crippen molar-refractivity contribution in [2.24, 2.45) is 0 Å². The molecule has 0 spiro atoms. The van der Waals surface area contributed by atoms with Crippen LogP contribution in [0.5, 0.6) is 11.5 Å². The van der Waals surface area contributed by atoms with Crippen LogP contribution >= 0.6 is 11.3 Å². The van der Waals surface area contributed by atoms with Crippen LogP contribution in [0, 0.1) is 0 Å². The number of nitrogens with one attached hydrogen (secondary N) is 1. The van der Waals surface area contributed by atoms with E-state index in [-0.39, 0.29) is 11.8 Å². The highest BCUT2D eigenvalue weighted by Crippen LogP contribution is 2.28. The van der Waals surface area contributed by atoms with Gasteiger partial charge in [0.1, 0.15) is 11.5 Å². The number of rotatable bonds is 6. The maximum atomic E-state index is 10.0. The first-order valence-electron chi connectivity index (χ1n) is 6.82. The molecule has 1 atom stereocenters. The molecule has 3 nitrogen and oxygen atoms in total. The van der Waals surface area contributed by atoms with Gasteiger partial charge in [0.05, 0.1) is 7.11 Å². The van der Waals surface area contributed by atoms with Gasteiger partial charge in [-0.3, -0.25) is 0 Å². The van der Waals surface area contributed by atoms with Gasteiger partial charge in [-0.05, 0) is 31.5 Å². The molecular formula is C16H21NO2S. The maximum Gasteiger partial charge on any atom is 0.124 e. The Balaban J connectivity index is 1.99. The Bertz CT molecular complexity index is 565. The minimum absolute atomic E-state index is 0.0908. The summed E-state index contributed by atoms with van der Waals surface area (Å²) in [5.74, 6) is 0.939. The SMILES string of the molecule is CCc1ccc(CNC(C)c2ccc(OC)cc2O)s1. The topological polar surface area (TPSA) is 41.5 Å². The summed E-state index contributed by atoms with van der Waals surface area (Å²) in [6.07, 6.45) is 1.08.